The van der Waals surface area contributed by atoms with Crippen LogP contribution in [0.1, 0.15) is 36.8 Å². The summed E-state index contributed by atoms with van der Waals surface area (Å²) in [6, 6.07) is 0. The van der Waals surface area contributed by atoms with E-state index < -0.39 is 0 Å². The van der Waals surface area contributed by atoms with Crippen LogP contribution in [0.2, 0.25) is 0 Å². The molecule has 0 bridgehead atoms. The zero-order chi connectivity index (χ0) is 14.0. The summed E-state index contributed by atoms with van der Waals surface area (Å²) in [5, 5.41) is 3.34. The SMILES string of the molecule is CCOC1(c2nc(=S)c3c([nH]2)CCNC3)CCOCC1. The van der Waals surface area contributed by atoms with Crippen LogP contribution in [0.4, 0.5) is 0 Å². The zero-order valence-corrected chi connectivity index (χ0v) is 12.6. The van der Waals surface area contributed by atoms with Gasteiger partial charge in [-0.05, 0) is 6.92 Å². The third kappa shape index (κ3) is 2.53. The number of nitrogens with one attached hydrogen (secondary N) is 2. The Morgan fingerprint density at radius 2 is 2.20 bits per heavy atom. The number of rotatable bonds is 3. The smallest absolute Gasteiger partial charge is 0.140 e. The molecule has 5 nitrogen and oxygen atoms in total. The lowest BCUT2D eigenvalue weighted by Gasteiger charge is -2.36. The van der Waals surface area contributed by atoms with E-state index in [1.807, 2.05) is 6.92 Å². The van der Waals surface area contributed by atoms with Gasteiger partial charge >= 0.3 is 0 Å². The number of nitrogens with zero attached hydrogens (tertiary/aromatic N) is 1. The highest BCUT2D eigenvalue weighted by atomic mass is 32.1. The van der Waals surface area contributed by atoms with E-state index in [1.54, 1.807) is 0 Å². The molecule has 110 valence electrons. The molecule has 2 aliphatic heterocycles. The first-order valence-electron chi connectivity index (χ1n) is 7.30. The molecular weight excluding hydrogens is 274 g/mol. The monoisotopic (exact) mass is 295 g/mol. The number of aromatic amines is 1. The third-order valence-corrected chi connectivity index (χ3v) is 4.45. The van der Waals surface area contributed by atoms with Gasteiger partial charge < -0.3 is 19.8 Å². The Hall–Kier alpha value is -0.820. The molecule has 2 aliphatic rings. The topological polar surface area (TPSA) is 59.2 Å². The first kappa shape index (κ1) is 14.1. The summed E-state index contributed by atoms with van der Waals surface area (Å²) in [6.07, 6.45) is 2.62. The summed E-state index contributed by atoms with van der Waals surface area (Å²) < 4.78 is 12.2. The molecule has 1 fully saturated rings. The lowest BCUT2D eigenvalue weighted by Crippen LogP contribution is -2.39. The quantitative estimate of drug-likeness (QED) is 0.833. The Morgan fingerprint density at radius 3 is 2.95 bits per heavy atom. The first-order valence-corrected chi connectivity index (χ1v) is 7.71. The van der Waals surface area contributed by atoms with E-state index in [-0.39, 0.29) is 5.60 Å². The third-order valence-electron chi connectivity index (χ3n) is 4.11. The lowest BCUT2D eigenvalue weighted by molar-refractivity contribution is -0.118. The molecule has 0 aromatic carbocycles. The second-order valence-corrected chi connectivity index (χ2v) is 5.70. The maximum Gasteiger partial charge on any atom is 0.140 e. The average molecular weight is 295 g/mol. The molecule has 2 N–H and O–H groups in total. The molecule has 0 amide bonds. The molecule has 6 heteroatoms. The largest absolute Gasteiger partial charge is 0.381 e. The molecule has 0 aliphatic carbocycles. The van der Waals surface area contributed by atoms with E-state index in [9.17, 15) is 0 Å². The second-order valence-electron chi connectivity index (χ2n) is 5.31. The summed E-state index contributed by atoms with van der Waals surface area (Å²) in [5.41, 5.74) is 1.98. The van der Waals surface area contributed by atoms with Gasteiger partial charge in [0, 0.05) is 63.4 Å². The fraction of sp³-hybridized carbons (Fsp3) is 0.714. The molecule has 0 radical (unpaired) electrons. The van der Waals surface area contributed by atoms with Crippen LogP contribution in [0, 0.1) is 4.64 Å². The Kier molecular flexibility index (Phi) is 4.16. The molecule has 1 aromatic heterocycles. The van der Waals surface area contributed by atoms with Crippen molar-refractivity contribution in [1.82, 2.24) is 15.3 Å². The van der Waals surface area contributed by atoms with Gasteiger partial charge in [0.1, 0.15) is 16.1 Å². The van der Waals surface area contributed by atoms with Gasteiger partial charge in [0.25, 0.3) is 0 Å². The van der Waals surface area contributed by atoms with Gasteiger partial charge in [-0.25, -0.2) is 4.98 Å². The van der Waals surface area contributed by atoms with E-state index in [0.717, 1.165) is 43.7 Å². The molecule has 0 spiro atoms. The number of aromatic nitrogens is 2. The van der Waals surface area contributed by atoms with Crippen molar-refractivity contribution >= 4 is 12.2 Å². The van der Waals surface area contributed by atoms with Crippen LogP contribution in [0.25, 0.3) is 0 Å². The van der Waals surface area contributed by atoms with E-state index in [2.05, 4.69) is 15.3 Å². The standard InChI is InChI=1S/C14H21N3O2S/c1-2-19-14(4-7-18-8-5-14)13-16-11-3-6-15-9-10(11)12(20)17-13/h15H,2-9H2,1H3,(H,16,17,20). The number of fused-ring (bicyclic) bond motifs is 1. The van der Waals surface area contributed by atoms with Crippen molar-refractivity contribution in [2.24, 2.45) is 0 Å². The van der Waals surface area contributed by atoms with Gasteiger partial charge in [-0.15, -0.1) is 0 Å². The molecular formula is C14H21N3O2S. The van der Waals surface area contributed by atoms with Crippen molar-refractivity contribution < 1.29 is 9.47 Å². The van der Waals surface area contributed by atoms with Gasteiger partial charge in [0.2, 0.25) is 0 Å². The van der Waals surface area contributed by atoms with E-state index >= 15 is 0 Å². The minimum atomic E-state index is -0.361. The normalized spacial score (nSPS) is 21.4. The summed E-state index contributed by atoms with van der Waals surface area (Å²) in [7, 11) is 0. The molecule has 1 saturated heterocycles. The second kappa shape index (κ2) is 5.89. The maximum absolute atomic E-state index is 6.07. The molecule has 3 heterocycles. The summed E-state index contributed by atoms with van der Waals surface area (Å²) >= 11 is 5.47. The van der Waals surface area contributed by atoms with Crippen molar-refractivity contribution in [3.63, 3.8) is 0 Å². The van der Waals surface area contributed by atoms with E-state index in [0.29, 0.717) is 24.5 Å². The summed E-state index contributed by atoms with van der Waals surface area (Å²) in [4.78, 5) is 8.14. The number of hydrogen-bond donors (Lipinski definition) is 2. The zero-order valence-electron chi connectivity index (χ0n) is 11.8. The summed E-state index contributed by atoms with van der Waals surface area (Å²) in [5.74, 6) is 0.883. The lowest BCUT2D eigenvalue weighted by atomic mass is 9.92. The Morgan fingerprint density at radius 1 is 1.40 bits per heavy atom. The van der Waals surface area contributed by atoms with Crippen LogP contribution in [0.5, 0.6) is 0 Å². The fourth-order valence-corrected chi connectivity index (χ4v) is 3.30. The highest BCUT2D eigenvalue weighted by molar-refractivity contribution is 7.71. The van der Waals surface area contributed by atoms with Gasteiger partial charge in [-0.3, -0.25) is 0 Å². The number of hydrogen-bond acceptors (Lipinski definition) is 5. The average Bonchev–Trinajstić information content (AvgIpc) is 2.48. The molecule has 0 atom stereocenters. The molecule has 3 rings (SSSR count). The van der Waals surface area contributed by atoms with E-state index in [4.69, 9.17) is 21.7 Å². The van der Waals surface area contributed by atoms with E-state index in [1.165, 1.54) is 5.69 Å². The minimum absolute atomic E-state index is 0.361. The number of H-pyrrole nitrogens is 1. The highest BCUT2D eigenvalue weighted by Crippen LogP contribution is 2.34. The van der Waals surface area contributed by atoms with Crippen molar-refractivity contribution in [3.8, 4) is 0 Å². The van der Waals surface area contributed by atoms with Gasteiger partial charge in [-0.1, -0.05) is 12.2 Å². The maximum atomic E-state index is 6.07. The van der Waals surface area contributed by atoms with Gasteiger partial charge in [0.05, 0.1) is 0 Å². The van der Waals surface area contributed by atoms with Crippen LogP contribution in [-0.4, -0.2) is 36.3 Å². The number of ether oxygens (including phenoxy) is 2. The van der Waals surface area contributed by atoms with Crippen molar-refractivity contribution in [3.05, 3.63) is 21.7 Å². The predicted octanol–water partition coefficient (Wildman–Crippen LogP) is 1.83. The van der Waals surface area contributed by atoms with Crippen LogP contribution < -0.4 is 5.32 Å². The van der Waals surface area contributed by atoms with Crippen molar-refractivity contribution in [2.45, 2.75) is 38.3 Å². The Balaban J connectivity index is 2.03. The van der Waals surface area contributed by atoms with Crippen LogP contribution in [-0.2, 0) is 28.0 Å². The van der Waals surface area contributed by atoms with Gasteiger partial charge in [-0.2, -0.15) is 0 Å². The van der Waals surface area contributed by atoms with Crippen LogP contribution in [0.3, 0.4) is 0 Å². The van der Waals surface area contributed by atoms with Crippen LogP contribution >= 0.6 is 12.2 Å². The molecule has 0 saturated carbocycles. The summed E-state index contributed by atoms with van der Waals surface area (Å²) in [6.45, 7) is 5.89. The minimum Gasteiger partial charge on any atom is -0.381 e. The Labute approximate surface area is 124 Å². The first-order chi connectivity index (χ1) is 9.75. The van der Waals surface area contributed by atoms with Crippen molar-refractivity contribution in [2.75, 3.05) is 26.4 Å². The molecule has 1 aromatic rings. The van der Waals surface area contributed by atoms with Gasteiger partial charge in [0.15, 0.2) is 0 Å². The predicted molar refractivity (Wildman–Crippen MR) is 78.2 cm³/mol. The highest BCUT2D eigenvalue weighted by Gasteiger charge is 2.38. The fourth-order valence-electron chi connectivity index (χ4n) is 3.01. The molecule has 0 unspecified atom stereocenters. The van der Waals surface area contributed by atoms with Crippen LogP contribution in [0.15, 0.2) is 0 Å². The molecule has 20 heavy (non-hydrogen) atoms. The Bertz CT molecular complexity index is 532. The van der Waals surface area contributed by atoms with Crippen molar-refractivity contribution in [1.29, 1.82) is 0 Å².